The van der Waals surface area contributed by atoms with E-state index in [1.54, 1.807) is 0 Å². The van der Waals surface area contributed by atoms with Gasteiger partial charge in [-0.15, -0.1) is 0 Å². The molecule has 1 aliphatic heterocycles. The van der Waals surface area contributed by atoms with Gasteiger partial charge in [-0.2, -0.15) is 0 Å². The first-order chi connectivity index (χ1) is 6.90. The van der Waals surface area contributed by atoms with Crippen LogP contribution in [0.2, 0.25) is 0 Å². The molecule has 0 saturated heterocycles. The van der Waals surface area contributed by atoms with Crippen LogP contribution < -0.4 is 0 Å². The van der Waals surface area contributed by atoms with Gasteiger partial charge in [-0.1, -0.05) is 40.8 Å². The average Bonchev–Trinajstić information content (AvgIpc) is 2.68. The maximum absolute atomic E-state index is 5.55. The Kier molecular flexibility index (Phi) is 3.39. The van der Waals surface area contributed by atoms with Crippen molar-refractivity contribution in [2.24, 2.45) is 4.99 Å². The summed E-state index contributed by atoms with van der Waals surface area (Å²) in [6, 6.07) is 10.4. The molecule has 0 fully saturated rings. The topological polar surface area (TPSA) is 21.6 Å². The maximum atomic E-state index is 5.55. The molecule has 0 saturated carbocycles. The van der Waals surface area contributed by atoms with Crippen molar-refractivity contribution in [1.82, 2.24) is 0 Å². The molecular formula is C11H12INO. The molecule has 3 heteroatoms. The number of aliphatic imine (C=N–C) groups is 1. The molecule has 1 aliphatic rings. The third-order valence-corrected chi connectivity index (χ3v) is 2.80. The summed E-state index contributed by atoms with van der Waals surface area (Å²) in [5.74, 6) is 0.806. The van der Waals surface area contributed by atoms with Crippen LogP contribution in [-0.4, -0.2) is 23.0 Å². The Morgan fingerprint density at radius 3 is 2.86 bits per heavy atom. The van der Waals surface area contributed by atoms with Gasteiger partial charge in [0.2, 0.25) is 5.90 Å². The summed E-state index contributed by atoms with van der Waals surface area (Å²) in [7, 11) is 0. The predicted molar refractivity (Wildman–Crippen MR) is 66.2 cm³/mol. The Labute approximate surface area is 97.5 Å². The van der Waals surface area contributed by atoms with E-state index >= 15 is 0 Å². The summed E-state index contributed by atoms with van der Waals surface area (Å²) < 4.78 is 6.69. The molecule has 1 atom stereocenters. The highest BCUT2D eigenvalue weighted by atomic mass is 127. The molecule has 0 unspecified atom stereocenters. The lowest BCUT2D eigenvalue weighted by atomic mass is 10.2. The number of nitrogens with zero attached hydrogens (tertiary/aromatic N) is 1. The molecule has 0 aromatic heterocycles. The highest BCUT2D eigenvalue weighted by Crippen LogP contribution is 2.14. The summed E-state index contributed by atoms with van der Waals surface area (Å²) in [5, 5.41) is 0. The Morgan fingerprint density at radius 1 is 1.36 bits per heavy atom. The normalized spacial score (nSPS) is 20.4. The van der Waals surface area contributed by atoms with Gasteiger partial charge < -0.3 is 4.74 Å². The van der Waals surface area contributed by atoms with Crippen LogP contribution in [-0.2, 0) is 4.74 Å². The Bertz CT molecular complexity index is 323. The lowest BCUT2D eigenvalue weighted by Gasteiger charge is -1.99. The first kappa shape index (κ1) is 9.96. The molecule has 1 aromatic rings. The first-order valence-corrected chi connectivity index (χ1v) is 6.24. The van der Waals surface area contributed by atoms with Crippen LogP contribution in [0.25, 0.3) is 0 Å². The zero-order valence-corrected chi connectivity index (χ0v) is 9.98. The summed E-state index contributed by atoms with van der Waals surface area (Å²) in [6.07, 6.45) is 1.11. The van der Waals surface area contributed by atoms with Gasteiger partial charge in [0.05, 0.1) is 6.04 Å². The van der Waals surface area contributed by atoms with Crippen molar-refractivity contribution in [2.75, 3.05) is 11.0 Å². The lowest BCUT2D eigenvalue weighted by Crippen LogP contribution is -2.06. The summed E-state index contributed by atoms with van der Waals surface area (Å²) >= 11 is 2.37. The minimum absolute atomic E-state index is 0.363. The minimum Gasteiger partial charge on any atom is -0.475 e. The van der Waals surface area contributed by atoms with Crippen molar-refractivity contribution in [3.05, 3.63) is 35.9 Å². The predicted octanol–water partition coefficient (Wildman–Crippen LogP) is 2.66. The number of ether oxygens (including phenoxy) is 1. The molecule has 0 aliphatic carbocycles. The fraction of sp³-hybridized carbons (Fsp3) is 0.364. The maximum Gasteiger partial charge on any atom is 0.216 e. The van der Waals surface area contributed by atoms with Crippen LogP contribution in [0.1, 0.15) is 12.0 Å². The van der Waals surface area contributed by atoms with Gasteiger partial charge in [0, 0.05) is 9.99 Å². The molecule has 0 bridgehead atoms. The smallest absolute Gasteiger partial charge is 0.216 e. The fourth-order valence-corrected chi connectivity index (χ4v) is 2.15. The second-order valence-electron chi connectivity index (χ2n) is 3.24. The van der Waals surface area contributed by atoms with Gasteiger partial charge in [-0.3, -0.25) is 0 Å². The average molecular weight is 301 g/mol. The van der Waals surface area contributed by atoms with Crippen LogP contribution in [0, 0.1) is 0 Å². The standard InChI is InChI=1S/C11H12INO/c12-7-6-10-8-14-11(13-10)9-4-2-1-3-5-9/h1-5,10H,6-8H2/t10-/m0/s1. The van der Waals surface area contributed by atoms with Crippen molar-refractivity contribution in [3.8, 4) is 0 Å². The van der Waals surface area contributed by atoms with Crippen LogP contribution in [0.3, 0.4) is 0 Å². The Morgan fingerprint density at radius 2 is 2.14 bits per heavy atom. The molecule has 2 nitrogen and oxygen atoms in total. The third-order valence-electron chi connectivity index (χ3n) is 2.18. The summed E-state index contributed by atoms with van der Waals surface area (Å²) in [5.41, 5.74) is 1.09. The SMILES string of the molecule is ICC[C@H]1COC(c2ccccc2)=N1. The van der Waals surface area contributed by atoms with Crippen molar-refractivity contribution in [1.29, 1.82) is 0 Å². The molecule has 2 rings (SSSR count). The quantitative estimate of drug-likeness (QED) is 0.621. The third kappa shape index (κ3) is 2.26. The van der Waals surface area contributed by atoms with E-state index in [4.69, 9.17) is 4.74 Å². The second kappa shape index (κ2) is 4.77. The van der Waals surface area contributed by atoms with E-state index in [1.165, 1.54) is 0 Å². The molecule has 0 amide bonds. The summed E-state index contributed by atoms with van der Waals surface area (Å²) in [6.45, 7) is 0.743. The molecule has 0 radical (unpaired) electrons. The Balaban J connectivity index is 2.10. The molecular weight excluding hydrogens is 289 g/mol. The minimum atomic E-state index is 0.363. The van der Waals surface area contributed by atoms with Crippen LogP contribution in [0.5, 0.6) is 0 Å². The van der Waals surface area contributed by atoms with E-state index in [1.807, 2.05) is 30.3 Å². The van der Waals surface area contributed by atoms with Crippen LogP contribution >= 0.6 is 22.6 Å². The molecule has 1 heterocycles. The zero-order chi connectivity index (χ0) is 9.80. The zero-order valence-electron chi connectivity index (χ0n) is 7.82. The monoisotopic (exact) mass is 301 g/mol. The second-order valence-corrected chi connectivity index (χ2v) is 4.32. The largest absolute Gasteiger partial charge is 0.475 e. The van der Waals surface area contributed by atoms with Crippen molar-refractivity contribution in [2.45, 2.75) is 12.5 Å². The molecule has 0 N–H and O–H groups in total. The van der Waals surface area contributed by atoms with E-state index < -0.39 is 0 Å². The number of hydrogen-bond donors (Lipinski definition) is 0. The molecule has 14 heavy (non-hydrogen) atoms. The molecule has 1 aromatic carbocycles. The van der Waals surface area contributed by atoms with Crippen molar-refractivity contribution < 1.29 is 4.74 Å². The van der Waals surface area contributed by atoms with Crippen LogP contribution in [0.15, 0.2) is 35.3 Å². The van der Waals surface area contributed by atoms with E-state index in [2.05, 4.69) is 27.6 Å². The number of hydrogen-bond acceptors (Lipinski definition) is 2. The van der Waals surface area contributed by atoms with Gasteiger partial charge in [0.15, 0.2) is 0 Å². The van der Waals surface area contributed by atoms with E-state index in [0.717, 1.165) is 28.9 Å². The fourth-order valence-electron chi connectivity index (χ4n) is 1.43. The number of alkyl halides is 1. The summed E-state index contributed by atoms with van der Waals surface area (Å²) in [4.78, 5) is 4.54. The van der Waals surface area contributed by atoms with Crippen LogP contribution in [0.4, 0.5) is 0 Å². The van der Waals surface area contributed by atoms with Crippen molar-refractivity contribution >= 4 is 28.5 Å². The van der Waals surface area contributed by atoms with Gasteiger partial charge in [-0.05, 0) is 18.6 Å². The van der Waals surface area contributed by atoms with Gasteiger partial charge in [0.1, 0.15) is 6.61 Å². The van der Waals surface area contributed by atoms with E-state index in [-0.39, 0.29) is 0 Å². The van der Waals surface area contributed by atoms with Gasteiger partial charge in [0.25, 0.3) is 0 Å². The van der Waals surface area contributed by atoms with E-state index in [0.29, 0.717) is 6.04 Å². The van der Waals surface area contributed by atoms with Gasteiger partial charge >= 0.3 is 0 Å². The van der Waals surface area contributed by atoms with Gasteiger partial charge in [-0.25, -0.2) is 4.99 Å². The number of benzene rings is 1. The number of halogens is 1. The Hall–Kier alpha value is -0.580. The number of rotatable bonds is 3. The van der Waals surface area contributed by atoms with Crippen molar-refractivity contribution in [3.63, 3.8) is 0 Å². The highest BCUT2D eigenvalue weighted by Gasteiger charge is 2.18. The lowest BCUT2D eigenvalue weighted by molar-refractivity contribution is 0.316. The molecule has 0 spiro atoms. The highest BCUT2D eigenvalue weighted by molar-refractivity contribution is 14.1. The first-order valence-electron chi connectivity index (χ1n) is 4.72. The van der Waals surface area contributed by atoms with E-state index in [9.17, 15) is 0 Å². The molecule has 74 valence electrons.